The molecule has 2 aromatic carbocycles. The predicted octanol–water partition coefficient (Wildman–Crippen LogP) is 3.21. The highest BCUT2D eigenvalue weighted by Gasteiger charge is 2.20. The molecule has 7 heteroatoms. The number of benzene rings is 2. The number of halogens is 1. The average molecular weight is 422 g/mol. The van der Waals surface area contributed by atoms with Gasteiger partial charge in [-0.25, -0.2) is 0 Å². The van der Waals surface area contributed by atoms with E-state index in [1.54, 1.807) is 17.8 Å². The van der Waals surface area contributed by atoms with Crippen molar-refractivity contribution in [1.82, 2.24) is 10.6 Å². The maximum Gasteiger partial charge on any atom is 0.251 e. The van der Waals surface area contributed by atoms with Crippen LogP contribution in [0.5, 0.6) is 0 Å². The molecule has 0 aliphatic rings. The summed E-state index contributed by atoms with van der Waals surface area (Å²) in [5.41, 5.74) is 9.09. The summed E-state index contributed by atoms with van der Waals surface area (Å²) < 4.78 is 0. The molecule has 4 N–H and O–H groups in total. The van der Waals surface area contributed by atoms with E-state index >= 15 is 0 Å². The first-order valence-corrected chi connectivity index (χ1v) is 10.4. The molecule has 0 spiro atoms. The largest absolute Gasteiger partial charge is 0.399 e. The van der Waals surface area contributed by atoms with Crippen LogP contribution in [0.3, 0.4) is 0 Å². The van der Waals surface area contributed by atoms with E-state index in [-0.39, 0.29) is 24.2 Å². The third-order valence-corrected chi connectivity index (χ3v) is 4.85. The monoisotopic (exact) mass is 421 g/mol. The molecule has 5 nitrogen and oxygen atoms in total. The number of hydrogen-bond acceptors (Lipinski definition) is 4. The highest BCUT2D eigenvalue weighted by molar-refractivity contribution is 7.98. The molecule has 0 aliphatic heterocycles. The fourth-order valence-corrected chi connectivity index (χ4v) is 3.14. The maximum absolute atomic E-state index is 12.6. The van der Waals surface area contributed by atoms with Crippen molar-refractivity contribution in [2.75, 3.05) is 24.3 Å². The molecular formula is C21H28ClN3O2S. The summed E-state index contributed by atoms with van der Waals surface area (Å²) in [5.74, 6) is 0.420. The van der Waals surface area contributed by atoms with Crippen LogP contribution in [0, 0.1) is 6.92 Å². The molecule has 0 radical (unpaired) electrons. The van der Waals surface area contributed by atoms with Crippen LogP contribution in [0.15, 0.2) is 48.5 Å². The molecule has 1 unspecified atom stereocenters. The van der Waals surface area contributed by atoms with Gasteiger partial charge in [0.15, 0.2) is 0 Å². The zero-order chi connectivity index (χ0) is 19.6. The van der Waals surface area contributed by atoms with Crippen molar-refractivity contribution in [2.45, 2.75) is 25.8 Å². The van der Waals surface area contributed by atoms with Gasteiger partial charge in [-0.2, -0.15) is 11.8 Å². The zero-order valence-corrected chi connectivity index (χ0v) is 17.9. The number of carbonyl (C=O) groups is 2. The molecule has 152 valence electrons. The maximum atomic E-state index is 12.6. The Morgan fingerprint density at radius 3 is 2.50 bits per heavy atom. The van der Waals surface area contributed by atoms with E-state index in [1.807, 2.05) is 55.6 Å². The number of amides is 2. The summed E-state index contributed by atoms with van der Waals surface area (Å²) in [7, 11) is 0. The summed E-state index contributed by atoms with van der Waals surface area (Å²) in [5, 5.41) is 5.80. The number of thioether (sulfide) groups is 1. The summed E-state index contributed by atoms with van der Waals surface area (Å²) in [6.45, 7) is 2.45. The lowest BCUT2D eigenvalue weighted by Crippen LogP contribution is -2.47. The number of hydrogen-bond donors (Lipinski definition) is 3. The van der Waals surface area contributed by atoms with E-state index in [0.29, 0.717) is 24.9 Å². The van der Waals surface area contributed by atoms with Crippen molar-refractivity contribution in [3.05, 3.63) is 65.2 Å². The second kappa shape index (κ2) is 12.3. The molecule has 1 atom stereocenters. The van der Waals surface area contributed by atoms with Gasteiger partial charge < -0.3 is 16.4 Å². The number of rotatable bonds is 9. The molecule has 0 aliphatic carbocycles. The van der Waals surface area contributed by atoms with Gasteiger partial charge in [-0.15, -0.1) is 12.4 Å². The summed E-state index contributed by atoms with van der Waals surface area (Å²) in [4.78, 5) is 25.1. The van der Waals surface area contributed by atoms with Gasteiger partial charge >= 0.3 is 0 Å². The molecule has 0 fully saturated rings. The molecule has 2 aromatic rings. The lowest BCUT2D eigenvalue weighted by atomic mass is 10.1. The van der Waals surface area contributed by atoms with E-state index in [0.717, 1.165) is 22.6 Å². The summed E-state index contributed by atoms with van der Waals surface area (Å²) in [6.07, 6.45) is 3.29. The second-order valence-electron chi connectivity index (χ2n) is 6.46. The van der Waals surface area contributed by atoms with Gasteiger partial charge in [0, 0.05) is 17.8 Å². The van der Waals surface area contributed by atoms with E-state index in [1.165, 1.54) is 0 Å². The van der Waals surface area contributed by atoms with Crippen molar-refractivity contribution in [3.63, 3.8) is 0 Å². The highest BCUT2D eigenvalue weighted by atomic mass is 35.5. The Balaban J connectivity index is 0.00000392. The first-order valence-electron chi connectivity index (χ1n) is 8.98. The number of carbonyl (C=O) groups excluding carboxylic acids is 2. The first kappa shape index (κ1) is 23.9. The first-order chi connectivity index (χ1) is 13.0. The predicted molar refractivity (Wildman–Crippen MR) is 120 cm³/mol. The normalized spacial score (nSPS) is 11.2. The van der Waals surface area contributed by atoms with Crippen LogP contribution in [0.1, 0.15) is 27.9 Å². The third kappa shape index (κ3) is 7.82. The van der Waals surface area contributed by atoms with E-state index in [4.69, 9.17) is 5.73 Å². The van der Waals surface area contributed by atoms with Gasteiger partial charge in [0.25, 0.3) is 5.91 Å². The summed E-state index contributed by atoms with van der Waals surface area (Å²) >= 11 is 1.65. The minimum absolute atomic E-state index is 0. The van der Waals surface area contributed by atoms with Gasteiger partial charge in [0.05, 0.1) is 0 Å². The van der Waals surface area contributed by atoms with Crippen LogP contribution in [0.2, 0.25) is 0 Å². The fraction of sp³-hybridized carbons (Fsp3) is 0.333. The molecule has 0 saturated heterocycles. The molecule has 0 aromatic heterocycles. The molecule has 2 amide bonds. The number of nitrogen functional groups attached to an aromatic ring is 1. The minimum atomic E-state index is -0.545. The van der Waals surface area contributed by atoms with Crippen LogP contribution in [-0.2, 0) is 11.2 Å². The molecule has 2 rings (SSSR count). The number of nitrogens with one attached hydrogen (secondary N) is 2. The van der Waals surface area contributed by atoms with Gasteiger partial charge in [0.2, 0.25) is 5.91 Å². The minimum Gasteiger partial charge on any atom is -0.399 e. The smallest absolute Gasteiger partial charge is 0.251 e. The Hall–Kier alpha value is -2.18. The van der Waals surface area contributed by atoms with Gasteiger partial charge in [0.1, 0.15) is 6.04 Å². The van der Waals surface area contributed by atoms with Crippen LogP contribution in [-0.4, -0.2) is 36.4 Å². The summed E-state index contributed by atoms with van der Waals surface area (Å²) in [6, 6.07) is 14.4. The van der Waals surface area contributed by atoms with Crippen LogP contribution in [0.25, 0.3) is 0 Å². The topological polar surface area (TPSA) is 84.2 Å². The van der Waals surface area contributed by atoms with Crippen LogP contribution < -0.4 is 16.4 Å². The number of anilines is 1. The number of aryl methyl sites for hydroxylation is 1. The standard InChI is InChI=1S/C21H27N3O2S.ClH/c1-15-4-3-5-17(14-15)20(25)24-19(11-13-27-2)21(26)23-12-10-16-6-8-18(22)9-7-16;/h3-9,14,19H,10-13,22H2,1-2H3,(H,23,26)(H,24,25);1H. The van der Waals surface area contributed by atoms with Crippen molar-refractivity contribution >= 4 is 41.7 Å². The zero-order valence-electron chi connectivity index (χ0n) is 16.2. The van der Waals surface area contributed by atoms with Gasteiger partial charge in [-0.3, -0.25) is 9.59 Å². The third-order valence-electron chi connectivity index (χ3n) is 4.21. The van der Waals surface area contributed by atoms with Crippen molar-refractivity contribution in [3.8, 4) is 0 Å². The molecular weight excluding hydrogens is 394 g/mol. The Morgan fingerprint density at radius 2 is 1.86 bits per heavy atom. The Morgan fingerprint density at radius 1 is 1.14 bits per heavy atom. The quantitative estimate of drug-likeness (QED) is 0.543. The Bertz CT molecular complexity index is 769. The number of nitrogens with two attached hydrogens (primary N) is 1. The van der Waals surface area contributed by atoms with Crippen LogP contribution in [0.4, 0.5) is 5.69 Å². The van der Waals surface area contributed by atoms with Gasteiger partial charge in [-0.05, 0) is 61.6 Å². The molecule has 28 heavy (non-hydrogen) atoms. The average Bonchev–Trinajstić information content (AvgIpc) is 2.66. The fourth-order valence-electron chi connectivity index (χ4n) is 2.67. The van der Waals surface area contributed by atoms with E-state index in [2.05, 4.69) is 10.6 Å². The lowest BCUT2D eigenvalue weighted by molar-refractivity contribution is -0.122. The van der Waals surface area contributed by atoms with E-state index < -0.39 is 6.04 Å². The van der Waals surface area contributed by atoms with Gasteiger partial charge in [-0.1, -0.05) is 29.8 Å². The Labute approximate surface area is 177 Å². The highest BCUT2D eigenvalue weighted by Crippen LogP contribution is 2.08. The van der Waals surface area contributed by atoms with Crippen molar-refractivity contribution in [2.24, 2.45) is 0 Å². The lowest BCUT2D eigenvalue weighted by Gasteiger charge is -2.18. The molecule has 0 bridgehead atoms. The van der Waals surface area contributed by atoms with Crippen LogP contribution >= 0.6 is 24.2 Å². The van der Waals surface area contributed by atoms with Crippen molar-refractivity contribution in [1.29, 1.82) is 0 Å². The van der Waals surface area contributed by atoms with Crippen molar-refractivity contribution < 1.29 is 9.59 Å². The molecule has 0 saturated carbocycles. The SMILES string of the molecule is CSCCC(NC(=O)c1cccc(C)c1)C(=O)NCCc1ccc(N)cc1.Cl. The Kier molecular flexibility index (Phi) is 10.5. The molecule has 0 heterocycles. The van der Waals surface area contributed by atoms with E-state index in [9.17, 15) is 9.59 Å². The second-order valence-corrected chi connectivity index (χ2v) is 7.45.